The van der Waals surface area contributed by atoms with E-state index in [1.165, 1.54) is 5.01 Å². The lowest BCUT2D eigenvalue weighted by Crippen LogP contribution is -2.56. The molecule has 7 heteroatoms. The maximum atomic E-state index is 11.5. The second kappa shape index (κ2) is 6.14. The van der Waals surface area contributed by atoms with Gasteiger partial charge in [0.05, 0.1) is 12.3 Å². The highest BCUT2D eigenvalue weighted by atomic mass is 32.1. The van der Waals surface area contributed by atoms with Crippen molar-refractivity contribution in [2.45, 2.75) is 13.5 Å². The van der Waals surface area contributed by atoms with E-state index in [1.807, 2.05) is 37.3 Å². The van der Waals surface area contributed by atoms with Gasteiger partial charge in [-0.1, -0.05) is 30.3 Å². The maximum absolute atomic E-state index is 11.5. The molecule has 1 aromatic rings. The molecule has 6 nitrogen and oxygen atoms in total. The number of hydrogen-bond donors (Lipinski definition) is 3. The van der Waals surface area contributed by atoms with E-state index in [1.54, 1.807) is 0 Å². The van der Waals surface area contributed by atoms with Crippen LogP contribution in [0.3, 0.4) is 0 Å². The Kier molecular flexibility index (Phi) is 4.30. The van der Waals surface area contributed by atoms with Gasteiger partial charge in [0.2, 0.25) is 0 Å². The zero-order valence-electron chi connectivity index (χ0n) is 10.5. The Labute approximate surface area is 116 Å². The Hall–Kier alpha value is -2.15. The van der Waals surface area contributed by atoms with E-state index in [-0.39, 0.29) is 6.03 Å². The lowest BCUT2D eigenvalue weighted by Gasteiger charge is -2.27. The first-order valence-corrected chi connectivity index (χ1v) is 6.25. The molecule has 0 saturated heterocycles. The van der Waals surface area contributed by atoms with Crippen LogP contribution in [0.2, 0.25) is 0 Å². The molecule has 3 N–H and O–H groups in total. The van der Waals surface area contributed by atoms with E-state index in [4.69, 9.17) is 12.2 Å². The fourth-order valence-electron chi connectivity index (χ4n) is 1.57. The van der Waals surface area contributed by atoms with Gasteiger partial charge in [-0.15, -0.1) is 0 Å². The highest BCUT2D eigenvalue weighted by molar-refractivity contribution is 7.80. The largest absolute Gasteiger partial charge is 0.357 e. The molecule has 0 bridgehead atoms. The minimum Gasteiger partial charge on any atom is -0.357 e. The molecule has 2 rings (SSSR count). The van der Waals surface area contributed by atoms with Crippen molar-refractivity contribution in [3.8, 4) is 0 Å². The standard InChI is InChI=1S/C12H15N5OS/c1-9-8-17(12(18)15-14-9)16-11(19)13-7-10-5-3-2-4-6-10/h2-6H,7-8H2,1H3,(H,15,18)(H2,13,16,19). The van der Waals surface area contributed by atoms with Gasteiger partial charge in [-0.25, -0.2) is 15.2 Å². The van der Waals surface area contributed by atoms with Gasteiger partial charge in [0.1, 0.15) is 0 Å². The van der Waals surface area contributed by atoms with Crippen molar-refractivity contribution >= 4 is 29.1 Å². The Morgan fingerprint density at radius 3 is 2.95 bits per heavy atom. The predicted octanol–water partition coefficient (Wildman–Crippen LogP) is 0.967. The number of urea groups is 1. The quantitative estimate of drug-likeness (QED) is 0.720. The summed E-state index contributed by atoms with van der Waals surface area (Å²) in [5.41, 5.74) is 7.14. The number of benzene rings is 1. The van der Waals surface area contributed by atoms with E-state index in [0.717, 1.165) is 11.3 Å². The third kappa shape index (κ3) is 3.92. The highest BCUT2D eigenvalue weighted by Crippen LogP contribution is 1.98. The van der Waals surface area contributed by atoms with Crippen molar-refractivity contribution < 1.29 is 4.79 Å². The molecule has 2 amide bonds. The maximum Gasteiger partial charge on any atom is 0.356 e. The highest BCUT2D eigenvalue weighted by Gasteiger charge is 2.19. The van der Waals surface area contributed by atoms with Crippen LogP contribution in [-0.4, -0.2) is 28.4 Å². The molecule has 0 aliphatic carbocycles. The SMILES string of the molecule is CC1=NNC(=O)N(NC(=S)NCc2ccccc2)C1. The van der Waals surface area contributed by atoms with Gasteiger partial charge in [0.25, 0.3) is 0 Å². The third-order valence-corrected chi connectivity index (χ3v) is 2.74. The average Bonchev–Trinajstić information content (AvgIpc) is 2.42. The summed E-state index contributed by atoms with van der Waals surface area (Å²) < 4.78 is 0. The second-order valence-corrected chi connectivity index (χ2v) is 4.54. The summed E-state index contributed by atoms with van der Waals surface area (Å²) in [4.78, 5) is 11.5. The van der Waals surface area contributed by atoms with Gasteiger partial charge in [-0.05, 0) is 24.7 Å². The topological polar surface area (TPSA) is 68.8 Å². The first kappa shape index (κ1) is 13.3. The molecule has 19 heavy (non-hydrogen) atoms. The van der Waals surface area contributed by atoms with Crippen LogP contribution in [0.1, 0.15) is 12.5 Å². The molecular formula is C12H15N5OS. The van der Waals surface area contributed by atoms with Crippen molar-refractivity contribution in [2.75, 3.05) is 6.54 Å². The van der Waals surface area contributed by atoms with Crippen molar-refractivity contribution in [2.24, 2.45) is 5.10 Å². The summed E-state index contributed by atoms with van der Waals surface area (Å²) in [5.74, 6) is 0. The number of carbonyl (C=O) groups is 1. The normalized spacial score (nSPS) is 14.5. The van der Waals surface area contributed by atoms with Gasteiger partial charge >= 0.3 is 6.03 Å². The van der Waals surface area contributed by atoms with Crippen molar-refractivity contribution in [1.82, 2.24) is 21.2 Å². The lowest BCUT2D eigenvalue weighted by atomic mass is 10.2. The predicted molar refractivity (Wildman–Crippen MR) is 77.4 cm³/mol. The molecule has 0 spiro atoms. The molecule has 0 radical (unpaired) electrons. The average molecular weight is 277 g/mol. The van der Waals surface area contributed by atoms with E-state index in [0.29, 0.717) is 18.2 Å². The number of amides is 2. The molecule has 0 fully saturated rings. The van der Waals surface area contributed by atoms with Crippen LogP contribution in [0.15, 0.2) is 35.4 Å². The summed E-state index contributed by atoms with van der Waals surface area (Å²) in [6.45, 7) is 2.84. The molecule has 1 aliphatic rings. The Bertz CT molecular complexity index is 502. The van der Waals surface area contributed by atoms with E-state index < -0.39 is 0 Å². The van der Waals surface area contributed by atoms with Crippen LogP contribution >= 0.6 is 12.2 Å². The number of carbonyl (C=O) groups excluding carboxylic acids is 1. The summed E-state index contributed by atoms with van der Waals surface area (Å²) >= 11 is 5.14. The number of nitrogens with one attached hydrogen (secondary N) is 3. The first-order valence-electron chi connectivity index (χ1n) is 5.84. The van der Waals surface area contributed by atoms with Crippen molar-refractivity contribution in [3.63, 3.8) is 0 Å². The number of hydrazone groups is 1. The van der Waals surface area contributed by atoms with Crippen LogP contribution in [0.25, 0.3) is 0 Å². The van der Waals surface area contributed by atoms with E-state index in [2.05, 4.69) is 21.3 Å². The molecule has 0 saturated carbocycles. The Balaban J connectivity index is 1.81. The van der Waals surface area contributed by atoms with Crippen LogP contribution in [0.5, 0.6) is 0 Å². The van der Waals surface area contributed by atoms with Crippen LogP contribution in [-0.2, 0) is 6.54 Å². The number of hydrogen-bond acceptors (Lipinski definition) is 3. The third-order valence-electron chi connectivity index (χ3n) is 2.51. The Morgan fingerprint density at radius 2 is 2.21 bits per heavy atom. The number of nitrogens with zero attached hydrogens (tertiary/aromatic N) is 2. The lowest BCUT2D eigenvalue weighted by molar-refractivity contribution is 0.191. The van der Waals surface area contributed by atoms with Crippen LogP contribution in [0, 0.1) is 0 Å². The van der Waals surface area contributed by atoms with Gasteiger partial charge < -0.3 is 5.32 Å². The first-order chi connectivity index (χ1) is 9.15. The summed E-state index contributed by atoms with van der Waals surface area (Å²) in [6, 6.07) is 9.56. The van der Waals surface area contributed by atoms with Gasteiger partial charge in [-0.3, -0.25) is 5.43 Å². The molecule has 1 aromatic carbocycles. The smallest absolute Gasteiger partial charge is 0.356 e. The summed E-state index contributed by atoms with van der Waals surface area (Å²) in [7, 11) is 0. The van der Waals surface area contributed by atoms with Crippen LogP contribution in [0.4, 0.5) is 4.79 Å². The molecule has 0 unspecified atom stereocenters. The van der Waals surface area contributed by atoms with E-state index >= 15 is 0 Å². The van der Waals surface area contributed by atoms with Crippen molar-refractivity contribution in [1.29, 1.82) is 0 Å². The molecular weight excluding hydrogens is 262 g/mol. The fourth-order valence-corrected chi connectivity index (χ4v) is 1.75. The number of rotatable bonds is 3. The van der Waals surface area contributed by atoms with Crippen molar-refractivity contribution in [3.05, 3.63) is 35.9 Å². The zero-order chi connectivity index (χ0) is 13.7. The minimum absolute atomic E-state index is 0.325. The Morgan fingerprint density at radius 1 is 1.47 bits per heavy atom. The van der Waals surface area contributed by atoms with Crippen LogP contribution < -0.4 is 16.2 Å². The number of hydrazine groups is 1. The fraction of sp³-hybridized carbons (Fsp3) is 0.250. The number of thiocarbonyl (C=S) groups is 1. The second-order valence-electron chi connectivity index (χ2n) is 4.13. The molecule has 0 aromatic heterocycles. The monoisotopic (exact) mass is 277 g/mol. The van der Waals surface area contributed by atoms with Gasteiger partial charge in [-0.2, -0.15) is 5.10 Å². The van der Waals surface area contributed by atoms with Gasteiger partial charge in [0, 0.05) is 6.54 Å². The minimum atomic E-state index is -0.325. The van der Waals surface area contributed by atoms with E-state index in [9.17, 15) is 4.79 Å². The molecule has 0 atom stereocenters. The molecule has 1 aliphatic heterocycles. The summed E-state index contributed by atoms with van der Waals surface area (Å²) in [5, 5.41) is 8.65. The van der Waals surface area contributed by atoms with Gasteiger partial charge in [0.15, 0.2) is 5.11 Å². The zero-order valence-corrected chi connectivity index (χ0v) is 11.3. The molecule has 1 heterocycles. The molecule has 100 valence electrons. The summed E-state index contributed by atoms with van der Waals surface area (Å²) in [6.07, 6.45) is 0.